The molecule has 0 saturated heterocycles. The molecule has 40 heavy (non-hydrogen) atoms. The van der Waals surface area contributed by atoms with Crippen LogP contribution in [0.15, 0.2) is 73.6 Å². The molecule has 0 aliphatic heterocycles. The van der Waals surface area contributed by atoms with Gasteiger partial charge >= 0.3 is 0 Å². The van der Waals surface area contributed by atoms with Crippen molar-refractivity contribution in [1.29, 1.82) is 0 Å². The molecule has 0 spiro atoms. The topological polar surface area (TPSA) is 174 Å². The summed E-state index contributed by atoms with van der Waals surface area (Å²) in [6.07, 6.45) is 6.40. The zero-order chi connectivity index (χ0) is 28.6. The number of halogens is 3. The Morgan fingerprint density at radius 3 is 1.75 bits per heavy atom. The summed E-state index contributed by atoms with van der Waals surface area (Å²) in [5, 5.41) is 23.6. The van der Waals surface area contributed by atoms with E-state index < -0.39 is 9.85 Å². The van der Waals surface area contributed by atoms with E-state index in [2.05, 4.69) is 65.1 Å². The monoisotopic (exact) mass is 781 g/mol. The van der Waals surface area contributed by atoms with E-state index in [1.807, 2.05) is 12.4 Å². The summed E-state index contributed by atoms with van der Waals surface area (Å²) < 4.78 is 5.30. The SMILES string of the molecule is Nc1ncnc2c1c(I)cn2-c1cccc([N+](=O)[O-])c1.O=[N+]([O-])c1cccc(-n2cc(I)c3c(Cl)ncnc32)c1. The van der Waals surface area contributed by atoms with Crippen molar-refractivity contribution in [3.05, 3.63) is 106 Å². The average molecular weight is 782 g/mol. The second-order valence-corrected chi connectivity index (χ2v) is 10.8. The summed E-state index contributed by atoms with van der Waals surface area (Å²) in [4.78, 5) is 37.2. The third-order valence-corrected chi connectivity index (χ3v) is 7.62. The molecule has 0 saturated carbocycles. The molecule has 0 aliphatic carbocycles. The quantitative estimate of drug-likeness (QED) is 0.0960. The van der Waals surface area contributed by atoms with E-state index in [9.17, 15) is 20.2 Å². The zero-order valence-corrected chi connectivity index (χ0v) is 24.9. The van der Waals surface area contributed by atoms with Crippen LogP contribution in [0.5, 0.6) is 0 Å². The molecule has 0 radical (unpaired) electrons. The zero-order valence-electron chi connectivity index (χ0n) is 19.9. The van der Waals surface area contributed by atoms with Crippen LogP contribution < -0.4 is 5.73 Å². The van der Waals surface area contributed by atoms with Gasteiger partial charge in [-0.15, -0.1) is 0 Å². The lowest BCUT2D eigenvalue weighted by Crippen LogP contribution is -1.97. The predicted octanol–water partition coefficient (Wildman–Crippen LogP) is 6.10. The van der Waals surface area contributed by atoms with Gasteiger partial charge in [0.1, 0.15) is 23.6 Å². The van der Waals surface area contributed by atoms with Gasteiger partial charge in [-0.25, -0.2) is 19.9 Å². The van der Waals surface area contributed by atoms with E-state index in [1.165, 1.54) is 36.9 Å². The highest BCUT2D eigenvalue weighted by Crippen LogP contribution is 2.30. The van der Waals surface area contributed by atoms with Gasteiger partial charge in [0.25, 0.3) is 11.4 Å². The lowest BCUT2D eigenvalue weighted by molar-refractivity contribution is -0.385. The van der Waals surface area contributed by atoms with E-state index in [0.29, 0.717) is 33.6 Å². The average Bonchev–Trinajstić information content (AvgIpc) is 3.47. The van der Waals surface area contributed by atoms with Crippen LogP contribution >= 0.6 is 56.8 Å². The van der Waals surface area contributed by atoms with Crippen molar-refractivity contribution >= 4 is 96.0 Å². The Morgan fingerprint density at radius 2 is 1.23 bits per heavy atom. The predicted molar refractivity (Wildman–Crippen MR) is 166 cm³/mol. The standard InChI is InChI=1S/C12H6ClIN4O2.C12H8IN5O2/c13-11-10-9(14)5-17(12(10)16-6-15-11)7-2-1-3-8(4-7)18(19)20;13-9-5-17(12-10(9)11(14)15-6-16-12)7-2-1-3-8(4-7)18(19)20/h1-6H;1-6H,(H2,14,15,16). The highest BCUT2D eigenvalue weighted by Gasteiger charge is 2.16. The summed E-state index contributed by atoms with van der Waals surface area (Å²) in [6.45, 7) is 0. The van der Waals surface area contributed by atoms with Gasteiger partial charge in [-0.05, 0) is 57.3 Å². The van der Waals surface area contributed by atoms with Crippen molar-refractivity contribution in [3.8, 4) is 11.4 Å². The van der Waals surface area contributed by atoms with Gasteiger partial charge in [0.05, 0.1) is 32.0 Å². The number of anilines is 1. The number of nitrogens with zero attached hydrogens (tertiary/aromatic N) is 8. The number of nitro groups is 2. The number of aromatic nitrogens is 6. The largest absolute Gasteiger partial charge is 0.383 e. The first-order valence-electron chi connectivity index (χ1n) is 11.1. The molecule has 200 valence electrons. The molecule has 0 unspecified atom stereocenters. The summed E-state index contributed by atoms with van der Waals surface area (Å²) in [7, 11) is 0. The van der Waals surface area contributed by atoms with Crippen LogP contribution in [-0.4, -0.2) is 38.9 Å². The first-order chi connectivity index (χ1) is 19.2. The number of benzene rings is 2. The molecule has 0 aliphatic rings. The molecule has 0 amide bonds. The minimum absolute atomic E-state index is 0.0273. The van der Waals surface area contributed by atoms with E-state index in [0.717, 1.165) is 17.9 Å². The van der Waals surface area contributed by atoms with E-state index in [4.69, 9.17) is 17.3 Å². The molecule has 4 heterocycles. The second kappa shape index (κ2) is 11.3. The number of hydrogen-bond donors (Lipinski definition) is 1. The van der Waals surface area contributed by atoms with Gasteiger partial charge < -0.3 is 5.73 Å². The smallest absolute Gasteiger partial charge is 0.271 e. The molecule has 4 aromatic heterocycles. The Labute approximate surface area is 256 Å². The molecule has 0 fully saturated rings. The molecule has 0 atom stereocenters. The third-order valence-electron chi connectivity index (χ3n) is 5.69. The maximum absolute atomic E-state index is 10.9. The number of nitro benzene ring substituents is 2. The highest BCUT2D eigenvalue weighted by molar-refractivity contribution is 14.1. The number of fused-ring (bicyclic) bond motifs is 2. The van der Waals surface area contributed by atoms with Crippen molar-refractivity contribution in [2.24, 2.45) is 0 Å². The maximum atomic E-state index is 10.9. The Morgan fingerprint density at radius 1 is 0.750 bits per heavy atom. The molecule has 6 aromatic rings. The minimum Gasteiger partial charge on any atom is -0.383 e. The van der Waals surface area contributed by atoms with Crippen molar-refractivity contribution in [1.82, 2.24) is 29.1 Å². The molecular formula is C24H14ClI2N9O4. The molecule has 6 rings (SSSR count). The fraction of sp³-hybridized carbons (Fsp3) is 0. The number of nitrogens with two attached hydrogens (primary N) is 1. The summed E-state index contributed by atoms with van der Waals surface area (Å²) in [6, 6.07) is 12.7. The fourth-order valence-corrected chi connectivity index (χ4v) is 5.89. The third kappa shape index (κ3) is 5.26. The van der Waals surface area contributed by atoms with Crippen molar-refractivity contribution in [2.45, 2.75) is 0 Å². The molecule has 13 nitrogen and oxygen atoms in total. The lowest BCUT2D eigenvalue weighted by atomic mass is 10.3. The van der Waals surface area contributed by atoms with Crippen molar-refractivity contribution < 1.29 is 9.85 Å². The number of non-ortho nitro benzene ring substituents is 2. The molecule has 16 heteroatoms. The van der Waals surface area contributed by atoms with Crippen LogP contribution in [0.4, 0.5) is 17.2 Å². The van der Waals surface area contributed by atoms with Crippen molar-refractivity contribution in [2.75, 3.05) is 5.73 Å². The van der Waals surface area contributed by atoms with Gasteiger partial charge in [-0.3, -0.25) is 29.4 Å². The van der Waals surface area contributed by atoms with E-state index >= 15 is 0 Å². The van der Waals surface area contributed by atoms with Gasteiger partial charge in [-0.2, -0.15) is 0 Å². The van der Waals surface area contributed by atoms with Crippen LogP contribution in [0.25, 0.3) is 33.4 Å². The summed E-state index contributed by atoms with van der Waals surface area (Å²) >= 11 is 10.3. The molecule has 0 bridgehead atoms. The van der Waals surface area contributed by atoms with E-state index in [-0.39, 0.29) is 11.4 Å². The summed E-state index contributed by atoms with van der Waals surface area (Å²) in [5.41, 5.74) is 8.47. The Hall–Kier alpha value is -3.97. The van der Waals surface area contributed by atoms with Gasteiger partial charge in [0.15, 0.2) is 11.3 Å². The normalized spacial score (nSPS) is 10.9. The second-order valence-electron chi connectivity index (χ2n) is 8.07. The Kier molecular flexibility index (Phi) is 7.76. The molecular weight excluding hydrogens is 768 g/mol. The highest BCUT2D eigenvalue weighted by atomic mass is 127. The number of nitrogen functional groups attached to an aromatic ring is 1. The Bertz CT molecular complexity index is 1800. The van der Waals surface area contributed by atoms with Gasteiger partial charge in [0, 0.05) is 43.8 Å². The van der Waals surface area contributed by atoms with Gasteiger partial charge in [-0.1, -0.05) is 23.7 Å². The van der Waals surface area contributed by atoms with Gasteiger partial charge in [0.2, 0.25) is 0 Å². The number of hydrogen-bond acceptors (Lipinski definition) is 9. The lowest BCUT2D eigenvalue weighted by Gasteiger charge is -2.04. The van der Waals surface area contributed by atoms with Crippen LogP contribution in [-0.2, 0) is 0 Å². The first kappa shape index (κ1) is 27.6. The number of rotatable bonds is 4. The van der Waals surface area contributed by atoms with E-state index in [1.54, 1.807) is 33.4 Å². The van der Waals surface area contributed by atoms with Crippen LogP contribution in [0.1, 0.15) is 0 Å². The molecule has 2 aromatic carbocycles. The van der Waals surface area contributed by atoms with Crippen LogP contribution in [0.2, 0.25) is 5.15 Å². The Balaban J connectivity index is 0.000000161. The minimum atomic E-state index is -0.428. The van der Waals surface area contributed by atoms with Crippen LogP contribution in [0.3, 0.4) is 0 Å². The summed E-state index contributed by atoms with van der Waals surface area (Å²) in [5.74, 6) is 0.392. The fourth-order valence-electron chi connectivity index (χ4n) is 3.93. The van der Waals surface area contributed by atoms with Crippen LogP contribution in [0, 0.1) is 27.4 Å². The maximum Gasteiger partial charge on any atom is 0.271 e. The van der Waals surface area contributed by atoms with Crippen molar-refractivity contribution in [3.63, 3.8) is 0 Å². The molecule has 2 N–H and O–H groups in total. The first-order valence-corrected chi connectivity index (χ1v) is 13.6.